The van der Waals surface area contributed by atoms with Gasteiger partial charge in [0.05, 0.1) is 28.5 Å². The number of thiazole rings is 1. The van der Waals surface area contributed by atoms with Gasteiger partial charge in [-0.1, -0.05) is 102 Å². The molecule has 43 heavy (non-hydrogen) atoms. The van der Waals surface area contributed by atoms with Crippen molar-refractivity contribution in [2.45, 2.75) is 26.4 Å². The first-order valence-electron chi connectivity index (χ1n) is 14.3. The Morgan fingerprint density at radius 2 is 1.65 bits per heavy atom. The smallest absolute Gasteiger partial charge is 0.338 e. The van der Waals surface area contributed by atoms with Crippen LogP contribution in [0.3, 0.4) is 0 Å². The highest BCUT2D eigenvalue weighted by Crippen LogP contribution is 2.31. The molecule has 0 unspecified atom stereocenters. The Hall–Kier alpha value is -5.01. The molecule has 212 valence electrons. The summed E-state index contributed by atoms with van der Waals surface area (Å²) in [6.07, 6.45) is 4.08. The van der Waals surface area contributed by atoms with E-state index in [4.69, 9.17) is 9.73 Å². The van der Waals surface area contributed by atoms with Crippen LogP contribution in [-0.2, 0) is 16.1 Å². The minimum atomic E-state index is -0.619. The van der Waals surface area contributed by atoms with Crippen LogP contribution in [0, 0.1) is 0 Å². The molecule has 1 aliphatic rings. The van der Waals surface area contributed by atoms with Gasteiger partial charge in [-0.2, -0.15) is 0 Å². The minimum Gasteiger partial charge on any atom is -0.463 e. The van der Waals surface area contributed by atoms with Crippen molar-refractivity contribution in [3.63, 3.8) is 0 Å². The molecule has 0 N–H and O–H groups in total. The van der Waals surface area contributed by atoms with Gasteiger partial charge in [0.15, 0.2) is 4.80 Å². The number of hydrogen-bond donors (Lipinski definition) is 0. The fourth-order valence-electron chi connectivity index (χ4n) is 6.02. The van der Waals surface area contributed by atoms with Crippen molar-refractivity contribution >= 4 is 45.1 Å². The lowest BCUT2D eigenvalue weighted by molar-refractivity contribution is -0.139. The van der Waals surface area contributed by atoms with E-state index in [0.717, 1.165) is 22.0 Å². The molecule has 6 nitrogen and oxygen atoms in total. The van der Waals surface area contributed by atoms with E-state index in [0.29, 0.717) is 27.1 Å². The predicted molar refractivity (Wildman–Crippen MR) is 172 cm³/mol. The minimum absolute atomic E-state index is 0.183. The van der Waals surface area contributed by atoms with Crippen LogP contribution in [0.4, 0.5) is 0 Å². The predicted octanol–water partition coefficient (Wildman–Crippen LogP) is 5.95. The van der Waals surface area contributed by atoms with Crippen molar-refractivity contribution in [3.8, 4) is 0 Å². The zero-order valence-corrected chi connectivity index (χ0v) is 24.7. The summed E-state index contributed by atoms with van der Waals surface area (Å²) >= 11 is 1.34. The van der Waals surface area contributed by atoms with Crippen LogP contribution in [0.25, 0.3) is 27.8 Å². The first kappa shape index (κ1) is 26.9. The van der Waals surface area contributed by atoms with Crippen LogP contribution in [0.5, 0.6) is 0 Å². The average molecular weight is 584 g/mol. The monoisotopic (exact) mass is 583 g/mol. The van der Waals surface area contributed by atoms with E-state index >= 15 is 0 Å². The van der Waals surface area contributed by atoms with Crippen LogP contribution in [0.1, 0.15) is 36.6 Å². The maximum absolute atomic E-state index is 14.1. The number of aromatic nitrogens is 2. The molecule has 3 heterocycles. The standard InChI is InChI=1S/C36H29N3O3S/c1-3-42-35(41)32-23(2)37-36-39(33(32)25-13-5-4-6-14-25)34(40)31(43-36)20-27-22-38(30-19-10-9-18-29(27)30)21-26-16-11-15-24-12-7-8-17-28(24)26/h4-20,22,33H,3,21H2,1-2H3/b31-20-/t33-/m0/s1. The summed E-state index contributed by atoms with van der Waals surface area (Å²) in [6, 6.07) is 32.1. The number of allylic oxidation sites excluding steroid dienone is 1. The van der Waals surface area contributed by atoms with E-state index in [9.17, 15) is 9.59 Å². The van der Waals surface area contributed by atoms with E-state index in [1.807, 2.05) is 48.5 Å². The second-order valence-electron chi connectivity index (χ2n) is 10.6. The summed E-state index contributed by atoms with van der Waals surface area (Å²) in [4.78, 5) is 32.5. The van der Waals surface area contributed by atoms with Crippen LogP contribution < -0.4 is 14.9 Å². The Kier molecular flexibility index (Phi) is 6.87. The molecule has 7 heteroatoms. The van der Waals surface area contributed by atoms with Gasteiger partial charge in [-0.25, -0.2) is 9.79 Å². The van der Waals surface area contributed by atoms with Crippen molar-refractivity contribution < 1.29 is 9.53 Å². The Labute approximate surface area is 252 Å². The lowest BCUT2D eigenvalue weighted by atomic mass is 9.96. The third-order valence-corrected chi connectivity index (χ3v) is 8.94. The van der Waals surface area contributed by atoms with Crippen molar-refractivity contribution in [1.29, 1.82) is 0 Å². The number of benzene rings is 4. The first-order chi connectivity index (χ1) is 21.0. The largest absolute Gasteiger partial charge is 0.463 e. The van der Waals surface area contributed by atoms with E-state index in [2.05, 4.69) is 65.4 Å². The molecule has 0 fully saturated rings. The SMILES string of the molecule is CCOC(=O)C1=C(C)N=c2s/c(=C\c3cn(Cc4cccc5ccccc45)c4ccccc34)c(=O)n2[C@H]1c1ccccc1. The number of esters is 1. The number of ether oxygens (including phenoxy) is 1. The molecule has 0 bridgehead atoms. The second-order valence-corrected chi connectivity index (χ2v) is 11.6. The molecular formula is C36H29N3O3S. The Morgan fingerprint density at radius 1 is 0.930 bits per heavy atom. The van der Waals surface area contributed by atoms with Crippen LogP contribution >= 0.6 is 11.3 Å². The van der Waals surface area contributed by atoms with E-state index in [-0.39, 0.29) is 12.2 Å². The molecule has 6 aromatic rings. The third kappa shape index (κ3) is 4.72. The zero-order chi connectivity index (χ0) is 29.5. The Bertz CT molecular complexity index is 2230. The average Bonchev–Trinajstić information content (AvgIpc) is 3.53. The van der Waals surface area contributed by atoms with E-state index < -0.39 is 12.0 Å². The van der Waals surface area contributed by atoms with Crippen molar-refractivity contribution in [2.24, 2.45) is 4.99 Å². The molecular weight excluding hydrogens is 554 g/mol. The highest BCUT2D eigenvalue weighted by Gasteiger charge is 2.33. The van der Waals surface area contributed by atoms with Gasteiger partial charge >= 0.3 is 5.97 Å². The van der Waals surface area contributed by atoms with Crippen LogP contribution in [-0.4, -0.2) is 21.7 Å². The van der Waals surface area contributed by atoms with Crippen LogP contribution in [0.2, 0.25) is 0 Å². The number of para-hydroxylation sites is 1. The topological polar surface area (TPSA) is 65.6 Å². The van der Waals surface area contributed by atoms with Crippen molar-refractivity contribution in [2.75, 3.05) is 6.61 Å². The van der Waals surface area contributed by atoms with E-state index in [1.54, 1.807) is 18.4 Å². The Morgan fingerprint density at radius 3 is 2.47 bits per heavy atom. The molecule has 2 aromatic heterocycles. The summed E-state index contributed by atoms with van der Waals surface area (Å²) in [5.74, 6) is -0.455. The highest BCUT2D eigenvalue weighted by atomic mass is 32.1. The molecule has 4 aromatic carbocycles. The lowest BCUT2D eigenvalue weighted by Gasteiger charge is -2.24. The highest BCUT2D eigenvalue weighted by molar-refractivity contribution is 7.07. The number of fused-ring (bicyclic) bond motifs is 3. The lowest BCUT2D eigenvalue weighted by Crippen LogP contribution is -2.39. The van der Waals surface area contributed by atoms with Crippen molar-refractivity contribution in [3.05, 3.63) is 151 Å². The number of rotatable bonds is 6. The molecule has 0 spiro atoms. The molecule has 0 radical (unpaired) electrons. The Balaban J connectivity index is 1.38. The molecule has 7 rings (SSSR count). The molecule has 0 saturated heterocycles. The van der Waals surface area contributed by atoms with Gasteiger partial charge in [-0.3, -0.25) is 9.36 Å². The first-order valence-corrected chi connectivity index (χ1v) is 15.1. The summed E-state index contributed by atoms with van der Waals surface area (Å²) in [5, 5.41) is 3.51. The molecule has 0 amide bonds. The summed E-state index contributed by atoms with van der Waals surface area (Å²) in [7, 11) is 0. The fourth-order valence-corrected chi connectivity index (χ4v) is 7.06. The zero-order valence-electron chi connectivity index (χ0n) is 23.9. The van der Waals surface area contributed by atoms with Crippen molar-refractivity contribution in [1.82, 2.24) is 9.13 Å². The molecule has 1 aliphatic heterocycles. The van der Waals surface area contributed by atoms with Gasteiger partial charge in [0.25, 0.3) is 5.56 Å². The summed E-state index contributed by atoms with van der Waals surface area (Å²) in [6.45, 7) is 4.52. The fraction of sp³-hybridized carbons (Fsp3) is 0.139. The number of carbonyl (C=O) groups excluding carboxylic acids is 1. The third-order valence-electron chi connectivity index (χ3n) is 7.96. The van der Waals surface area contributed by atoms with Gasteiger partial charge in [-0.05, 0) is 47.9 Å². The normalized spacial score (nSPS) is 15.1. The number of hydrogen-bond acceptors (Lipinski definition) is 5. The van der Waals surface area contributed by atoms with Gasteiger partial charge in [0.2, 0.25) is 0 Å². The van der Waals surface area contributed by atoms with Gasteiger partial charge < -0.3 is 9.30 Å². The van der Waals surface area contributed by atoms with Gasteiger partial charge in [-0.15, -0.1) is 0 Å². The molecule has 0 aliphatic carbocycles. The van der Waals surface area contributed by atoms with E-state index in [1.165, 1.54) is 27.7 Å². The quantitative estimate of drug-likeness (QED) is 0.228. The van der Waals surface area contributed by atoms with Gasteiger partial charge in [0.1, 0.15) is 0 Å². The number of carbonyl (C=O) groups is 1. The van der Waals surface area contributed by atoms with Crippen LogP contribution in [0.15, 0.2) is 124 Å². The molecule has 1 atom stereocenters. The maximum Gasteiger partial charge on any atom is 0.338 e. The second kappa shape index (κ2) is 11.0. The maximum atomic E-state index is 14.1. The number of nitrogens with zero attached hydrogens (tertiary/aromatic N) is 3. The summed E-state index contributed by atoms with van der Waals surface area (Å²) in [5.41, 5.74) is 4.88. The van der Waals surface area contributed by atoms with Gasteiger partial charge in [0, 0.05) is 29.2 Å². The summed E-state index contributed by atoms with van der Waals surface area (Å²) < 4.78 is 9.85. The molecule has 0 saturated carbocycles.